The summed E-state index contributed by atoms with van der Waals surface area (Å²) in [6, 6.07) is 3.57. The molecule has 2 heterocycles. The molecule has 5 heteroatoms. The van der Waals surface area contributed by atoms with Gasteiger partial charge in [0.1, 0.15) is 5.69 Å². The number of carbonyl (C=O) groups is 1. The van der Waals surface area contributed by atoms with Gasteiger partial charge in [-0.05, 0) is 26.0 Å². The first-order valence-electron chi connectivity index (χ1n) is 4.44. The van der Waals surface area contributed by atoms with Crippen LogP contribution in [0.5, 0.6) is 0 Å². The average Bonchev–Trinajstić information content (AvgIpc) is 2.71. The lowest BCUT2D eigenvalue weighted by atomic mass is 10.2. The number of aryl methyl sites for hydroxylation is 2. The van der Waals surface area contributed by atoms with Crippen LogP contribution in [0.15, 0.2) is 12.1 Å². The van der Waals surface area contributed by atoms with Gasteiger partial charge in [0.2, 0.25) is 0 Å². The zero-order valence-electron chi connectivity index (χ0n) is 8.37. The van der Waals surface area contributed by atoms with Crippen molar-refractivity contribution in [3.05, 3.63) is 27.6 Å². The largest absolute Gasteiger partial charge is 0.477 e. The molecular weight excluding hydrogens is 212 g/mol. The van der Waals surface area contributed by atoms with Crippen LogP contribution in [0.25, 0.3) is 11.3 Å². The number of thiophene rings is 1. The predicted molar refractivity (Wildman–Crippen MR) is 58.3 cm³/mol. The third-order valence-electron chi connectivity index (χ3n) is 2.13. The zero-order chi connectivity index (χ0) is 11.0. The van der Waals surface area contributed by atoms with E-state index in [0.717, 1.165) is 10.4 Å². The number of H-pyrrole nitrogens is 1. The maximum absolute atomic E-state index is 10.7. The molecule has 0 aliphatic rings. The monoisotopic (exact) mass is 222 g/mol. The molecule has 0 bridgehead atoms. The second-order valence-electron chi connectivity index (χ2n) is 3.30. The van der Waals surface area contributed by atoms with Crippen molar-refractivity contribution >= 4 is 17.3 Å². The summed E-state index contributed by atoms with van der Waals surface area (Å²) in [6.45, 7) is 4.02. The molecule has 4 nitrogen and oxygen atoms in total. The van der Waals surface area contributed by atoms with Gasteiger partial charge in [0, 0.05) is 15.3 Å². The molecule has 2 aromatic rings. The molecule has 0 saturated carbocycles. The number of aromatic amines is 1. The van der Waals surface area contributed by atoms with E-state index >= 15 is 0 Å². The van der Waals surface area contributed by atoms with Gasteiger partial charge in [-0.3, -0.25) is 5.10 Å². The summed E-state index contributed by atoms with van der Waals surface area (Å²) in [5, 5.41) is 15.2. The Morgan fingerprint density at radius 1 is 1.47 bits per heavy atom. The van der Waals surface area contributed by atoms with Crippen molar-refractivity contribution in [1.29, 1.82) is 0 Å². The number of carboxylic acid groups (broad SMARTS) is 1. The summed E-state index contributed by atoms with van der Waals surface area (Å²) in [5.74, 6) is -0.988. The molecule has 0 saturated heterocycles. The van der Waals surface area contributed by atoms with Gasteiger partial charge in [-0.2, -0.15) is 5.10 Å². The van der Waals surface area contributed by atoms with E-state index in [0.29, 0.717) is 5.69 Å². The highest BCUT2D eigenvalue weighted by atomic mass is 32.1. The van der Waals surface area contributed by atoms with Crippen molar-refractivity contribution in [2.45, 2.75) is 13.8 Å². The van der Waals surface area contributed by atoms with Crippen LogP contribution in [-0.2, 0) is 0 Å². The highest BCUT2D eigenvalue weighted by molar-refractivity contribution is 7.12. The Hall–Kier alpha value is -1.62. The average molecular weight is 222 g/mol. The smallest absolute Gasteiger partial charge is 0.353 e. The number of hydrogen-bond acceptors (Lipinski definition) is 3. The Morgan fingerprint density at radius 2 is 2.20 bits per heavy atom. The molecule has 0 amide bonds. The standard InChI is InChI=1S/C10H10N2O2S/c1-5-3-7(6(2)15-5)8-4-9(10(13)14)12-11-8/h3-4H,1-2H3,(H,11,12)(H,13,14). The van der Waals surface area contributed by atoms with Crippen LogP contribution in [0.2, 0.25) is 0 Å². The zero-order valence-corrected chi connectivity index (χ0v) is 9.18. The van der Waals surface area contributed by atoms with Crippen LogP contribution in [0, 0.1) is 13.8 Å². The minimum atomic E-state index is -0.988. The van der Waals surface area contributed by atoms with Gasteiger partial charge < -0.3 is 5.11 Å². The van der Waals surface area contributed by atoms with E-state index in [1.807, 2.05) is 19.9 Å². The molecular formula is C10H10N2O2S. The molecule has 2 aromatic heterocycles. The lowest BCUT2D eigenvalue weighted by Crippen LogP contribution is -1.95. The third kappa shape index (κ3) is 1.78. The lowest BCUT2D eigenvalue weighted by molar-refractivity contribution is 0.0690. The van der Waals surface area contributed by atoms with Gasteiger partial charge in [-0.25, -0.2) is 4.79 Å². The van der Waals surface area contributed by atoms with E-state index in [1.54, 1.807) is 17.4 Å². The summed E-state index contributed by atoms with van der Waals surface area (Å²) in [4.78, 5) is 13.0. The van der Waals surface area contributed by atoms with Gasteiger partial charge in [-0.1, -0.05) is 0 Å². The minimum absolute atomic E-state index is 0.119. The van der Waals surface area contributed by atoms with E-state index in [2.05, 4.69) is 10.2 Å². The number of aromatic carboxylic acids is 1. The molecule has 2 rings (SSSR count). The van der Waals surface area contributed by atoms with Gasteiger partial charge in [0.25, 0.3) is 0 Å². The Bertz CT molecular complexity index is 513. The van der Waals surface area contributed by atoms with Crippen LogP contribution in [0.1, 0.15) is 20.2 Å². The van der Waals surface area contributed by atoms with Crippen molar-refractivity contribution < 1.29 is 9.90 Å². The molecule has 0 aliphatic carbocycles. The second kappa shape index (κ2) is 3.51. The minimum Gasteiger partial charge on any atom is -0.477 e. The SMILES string of the molecule is Cc1cc(-c2cc(C(=O)O)[nH]n2)c(C)s1. The van der Waals surface area contributed by atoms with Crippen LogP contribution in [0.4, 0.5) is 0 Å². The summed E-state index contributed by atoms with van der Waals surface area (Å²) < 4.78 is 0. The summed E-state index contributed by atoms with van der Waals surface area (Å²) in [5.41, 5.74) is 1.81. The number of nitrogens with one attached hydrogen (secondary N) is 1. The number of hydrogen-bond donors (Lipinski definition) is 2. The van der Waals surface area contributed by atoms with Crippen molar-refractivity contribution in [2.24, 2.45) is 0 Å². The van der Waals surface area contributed by atoms with Crippen LogP contribution >= 0.6 is 11.3 Å². The molecule has 0 radical (unpaired) electrons. The Morgan fingerprint density at radius 3 is 2.67 bits per heavy atom. The number of aromatic nitrogens is 2. The van der Waals surface area contributed by atoms with Crippen molar-refractivity contribution in [2.75, 3.05) is 0 Å². The Kier molecular flexibility index (Phi) is 2.32. The van der Waals surface area contributed by atoms with Gasteiger partial charge in [0.15, 0.2) is 0 Å². The van der Waals surface area contributed by atoms with Crippen LogP contribution in [0.3, 0.4) is 0 Å². The van der Waals surface area contributed by atoms with E-state index in [9.17, 15) is 4.79 Å². The quantitative estimate of drug-likeness (QED) is 0.820. The normalized spacial score (nSPS) is 10.5. The topological polar surface area (TPSA) is 66.0 Å². The van der Waals surface area contributed by atoms with E-state index < -0.39 is 5.97 Å². The first-order valence-corrected chi connectivity index (χ1v) is 5.25. The number of nitrogens with zero attached hydrogens (tertiary/aromatic N) is 1. The first kappa shape index (κ1) is 9.92. The fourth-order valence-electron chi connectivity index (χ4n) is 1.45. The van der Waals surface area contributed by atoms with Crippen LogP contribution in [-0.4, -0.2) is 21.3 Å². The molecule has 0 fully saturated rings. The van der Waals surface area contributed by atoms with Crippen LogP contribution < -0.4 is 0 Å². The van der Waals surface area contributed by atoms with Crippen molar-refractivity contribution in [3.63, 3.8) is 0 Å². The fourth-order valence-corrected chi connectivity index (χ4v) is 2.39. The molecule has 15 heavy (non-hydrogen) atoms. The first-order chi connectivity index (χ1) is 7.08. The second-order valence-corrected chi connectivity index (χ2v) is 4.76. The van der Waals surface area contributed by atoms with E-state index in [1.165, 1.54) is 4.88 Å². The Labute approximate surface area is 90.6 Å². The van der Waals surface area contributed by atoms with Gasteiger partial charge in [-0.15, -0.1) is 11.3 Å². The molecule has 0 aromatic carbocycles. The van der Waals surface area contributed by atoms with Gasteiger partial charge >= 0.3 is 5.97 Å². The molecule has 0 spiro atoms. The molecule has 0 aliphatic heterocycles. The summed E-state index contributed by atoms with van der Waals surface area (Å²) in [7, 11) is 0. The number of rotatable bonds is 2. The Balaban J connectivity index is 2.45. The number of carboxylic acids is 1. The predicted octanol–water partition coefficient (Wildman–Crippen LogP) is 2.45. The van der Waals surface area contributed by atoms with Gasteiger partial charge in [0.05, 0.1) is 5.69 Å². The molecule has 0 unspecified atom stereocenters. The lowest BCUT2D eigenvalue weighted by Gasteiger charge is -1.90. The molecule has 78 valence electrons. The maximum atomic E-state index is 10.7. The third-order valence-corrected chi connectivity index (χ3v) is 3.09. The van der Waals surface area contributed by atoms with Crippen molar-refractivity contribution in [3.8, 4) is 11.3 Å². The molecule has 0 atom stereocenters. The fraction of sp³-hybridized carbons (Fsp3) is 0.200. The molecule has 2 N–H and O–H groups in total. The summed E-state index contributed by atoms with van der Waals surface area (Å²) in [6.07, 6.45) is 0. The maximum Gasteiger partial charge on any atom is 0.353 e. The highest BCUT2D eigenvalue weighted by Gasteiger charge is 2.12. The van der Waals surface area contributed by atoms with E-state index in [4.69, 9.17) is 5.11 Å². The van der Waals surface area contributed by atoms with Crippen molar-refractivity contribution in [1.82, 2.24) is 10.2 Å². The highest BCUT2D eigenvalue weighted by Crippen LogP contribution is 2.29. The van der Waals surface area contributed by atoms with E-state index in [-0.39, 0.29) is 5.69 Å². The summed E-state index contributed by atoms with van der Waals surface area (Å²) >= 11 is 1.68.